The molecule has 3 heterocycles. The zero-order chi connectivity index (χ0) is 42.5. The van der Waals surface area contributed by atoms with Gasteiger partial charge >= 0.3 is 0 Å². The molecule has 2 aromatic heterocycles. The minimum atomic E-state index is -0.148. The average Bonchev–Trinajstić information content (AvgIpc) is 3.77. The molecule has 9 aromatic carbocycles. The molecule has 64 heavy (non-hydrogen) atoms. The van der Waals surface area contributed by atoms with E-state index in [9.17, 15) is 0 Å². The molecule has 4 heteroatoms. The highest BCUT2D eigenvalue weighted by molar-refractivity contribution is 6.19. The fourth-order valence-corrected chi connectivity index (χ4v) is 10.5. The maximum atomic E-state index is 5.55. The summed E-state index contributed by atoms with van der Waals surface area (Å²) in [5.41, 5.74) is 20.6. The topological polar surface area (TPSA) is 43.6 Å². The number of aromatic nitrogens is 4. The number of hydrogen-bond acceptors (Lipinski definition) is 3. The van der Waals surface area contributed by atoms with Crippen molar-refractivity contribution in [1.29, 1.82) is 0 Å². The predicted octanol–water partition coefficient (Wildman–Crippen LogP) is 15.3. The summed E-state index contributed by atoms with van der Waals surface area (Å²) in [6, 6.07) is 74.0. The lowest BCUT2D eigenvalue weighted by Gasteiger charge is -2.23. The lowest BCUT2D eigenvalue weighted by Crippen LogP contribution is -2.15. The molecular formula is C60H40N4. The second kappa shape index (κ2) is 13.9. The van der Waals surface area contributed by atoms with Gasteiger partial charge < -0.3 is 4.57 Å². The van der Waals surface area contributed by atoms with Crippen LogP contribution in [0.5, 0.6) is 0 Å². The van der Waals surface area contributed by atoms with Gasteiger partial charge in [-0.25, -0.2) is 15.0 Å². The van der Waals surface area contributed by atoms with E-state index in [2.05, 4.69) is 225 Å². The number of para-hydroxylation sites is 2. The molecule has 0 saturated heterocycles. The van der Waals surface area contributed by atoms with E-state index < -0.39 is 0 Å². The van der Waals surface area contributed by atoms with Crippen LogP contribution in [0.3, 0.4) is 0 Å². The molecule has 0 radical (unpaired) electrons. The summed E-state index contributed by atoms with van der Waals surface area (Å²) < 4.78 is 2.52. The first kappa shape index (κ1) is 36.4. The van der Waals surface area contributed by atoms with Crippen molar-refractivity contribution in [3.63, 3.8) is 0 Å². The lowest BCUT2D eigenvalue weighted by atomic mass is 9.81. The molecule has 11 aromatic rings. The number of nitrogens with zero attached hydrogens (tertiary/aromatic N) is 4. The zero-order valence-electron chi connectivity index (χ0n) is 35.4. The van der Waals surface area contributed by atoms with Gasteiger partial charge in [-0.3, -0.25) is 0 Å². The van der Waals surface area contributed by atoms with Crippen molar-refractivity contribution in [2.75, 3.05) is 0 Å². The highest BCUT2D eigenvalue weighted by atomic mass is 15.1. The van der Waals surface area contributed by atoms with Crippen LogP contribution in [-0.4, -0.2) is 19.5 Å². The fraction of sp³-hybridized carbons (Fsp3) is 0.0500. The van der Waals surface area contributed by atoms with E-state index in [1.807, 2.05) is 0 Å². The van der Waals surface area contributed by atoms with Gasteiger partial charge in [0.15, 0.2) is 17.5 Å². The van der Waals surface area contributed by atoms with Gasteiger partial charge in [-0.1, -0.05) is 184 Å². The molecule has 0 saturated carbocycles. The summed E-state index contributed by atoms with van der Waals surface area (Å²) >= 11 is 0. The minimum Gasteiger partial charge on any atom is -0.307 e. The van der Waals surface area contributed by atoms with Crippen molar-refractivity contribution in [2.24, 2.45) is 0 Å². The quantitative estimate of drug-likeness (QED) is 0.168. The summed E-state index contributed by atoms with van der Waals surface area (Å²) in [7, 11) is 0. The minimum absolute atomic E-state index is 0.148. The van der Waals surface area contributed by atoms with Crippen LogP contribution in [-0.2, 0) is 5.41 Å². The van der Waals surface area contributed by atoms with Crippen molar-refractivity contribution in [3.8, 4) is 95.5 Å². The zero-order valence-corrected chi connectivity index (χ0v) is 35.4. The molecule has 1 aliphatic carbocycles. The van der Waals surface area contributed by atoms with E-state index in [1.165, 1.54) is 44.1 Å². The molecular weight excluding hydrogens is 777 g/mol. The molecule has 300 valence electrons. The van der Waals surface area contributed by atoms with Crippen LogP contribution < -0.4 is 0 Å². The van der Waals surface area contributed by atoms with Crippen molar-refractivity contribution < 1.29 is 0 Å². The first-order valence-electron chi connectivity index (χ1n) is 22.0. The standard InChI is InChI=1S/C60H40N4/c1-60(2)50-29-16-26-46-47-27-15-28-49(55(47)64-52-30-13-12-25-45(52)48-31-32-51(60)54(53(46)50)56(48)64)59-62-57(41-24-14-23-40(33-41)37-17-6-3-7-18-37)61-58(63-59)44-35-42(38-19-8-4-9-20-38)34-43(36-44)39-21-10-5-11-22-39/h3-36H,1-2H3. The van der Waals surface area contributed by atoms with Crippen molar-refractivity contribution in [3.05, 3.63) is 217 Å². The number of benzene rings is 9. The summed E-state index contributed by atoms with van der Waals surface area (Å²) in [5.74, 6) is 1.85. The Balaban J connectivity index is 1.12. The third-order valence-corrected chi connectivity index (χ3v) is 13.6. The molecule has 4 nitrogen and oxygen atoms in total. The Bertz CT molecular complexity index is 3620. The molecule has 2 aliphatic rings. The first-order valence-corrected chi connectivity index (χ1v) is 22.0. The normalized spacial score (nSPS) is 13.0. The molecule has 0 spiro atoms. The molecule has 1 aliphatic heterocycles. The Labute approximate surface area is 371 Å². The fourth-order valence-electron chi connectivity index (χ4n) is 10.5. The van der Waals surface area contributed by atoms with Crippen LogP contribution in [0, 0.1) is 0 Å². The summed E-state index contributed by atoms with van der Waals surface area (Å²) in [6.07, 6.45) is 0. The molecule has 13 rings (SSSR count). The first-order chi connectivity index (χ1) is 31.5. The van der Waals surface area contributed by atoms with E-state index in [4.69, 9.17) is 15.0 Å². The van der Waals surface area contributed by atoms with Crippen LogP contribution in [0.15, 0.2) is 206 Å². The van der Waals surface area contributed by atoms with Crippen molar-refractivity contribution in [1.82, 2.24) is 19.5 Å². The van der Waals surface area contributed by atoms with Crippen LogP contribution in [0.1, 0.15) is 25.0 Å². The predicted molar refractivity (Wildman–Crippen MR) is 263 cm³/mol. The Hall–Kier alpha value is -8.21. The van der Waals surface area contributed by atoms with Gasteiger partial charge in [0.1, 0.15) is 0 Å². The van der Waals surface area contributed by atoms with E-state index in [0.29, 0.717) is 17.5 Å². The molecule has 0 fully saturated rings. The van der Waals surface area contributed by atoms with Crippen LogP contribution in [0.25, 0.3) is 117 Å². The molecule has 0 atom stereocenters. The van der Waals surface area contributed by atoms with Gasteiger partial charge in [0.2, 0.25) is 0 Å². The highest BCUT2D eigenvalue weighted by Crippen LogP contribution is 2.58. The number of hydrogen-bond donors (Lipinski definition) is 0. The largest absolute Gasteiger partial charge is 0.307 e. The Morgan fingerprint density at radius 3 is 1.56 bits per heavy atom. The number of fused-ring (bicyclic) bond motifs is 6. The Kier molecular flexibility index (Phi) is 7.92. The van der Waals surface area contributed by atoms with E-state index in [1.54, 1.807) is 0 Å². The second-order valence-corrected chi connectivity index (χ2v) is 17.6. The summed E-state index contributed by atoms with van der Waals surface area (Å²) in [5, 5.41) is 2.48. The van der Waals surface area contributed by atoms with Crippen molar-refractivity contribution in [2.45, 2.75) is 19.3 Å². The SMILES string of the molecule is CC1(C)c2cccc3c2-c2c1ccc1c4ccccc4n(c21)-c1c(-c2nc(-c4cccc(-c5ccccc5)c4)nc(-c4cc(-c5ccccc5)cc(-c5ccccc5)c4)n2)cccc1-3. The van der Waals surface area contributed by atoms with E-state index >= 15 is 0 Å². The highest BCUT2D eigenvalue weighted by Gasteiger charge is 2.41. The van der Waals surface area contributed by atoms with Gasteiger partial charge in [-0.2, -0.15) is 0 Å². The smallest absolute Gasteiger partial charge is 0.166 e. The van der Waals surface area contributed by atoms with Gasteiger partial charge in [0, 0.05) is 44.0 Å². The monoisotopic (exact) mass is 816 g/mol. The molecule has 0 amide bonds. The lowest BCUT2D eigenvalue weighted by molar-refractivity contribution is 0.661. The Morgan fingerprint density at radius 2 is 0.844 bits per heavy atom. The van der Waals surface area contributed by atoms with Gasteiger partial charge in [0.05, 0.1) is 16.7 Å². The number of rotatable bonds is 6. The Morgan fingerprint density at radius 1 is 0.344 bits per heavy atom. The molecule has 0 unspecified atom stereocenters. The van der Waals surface area contributed by atoms with Gasteiger partial charge in [-0.15, -0.1) is 0 Å². The van der Waals surface area contributed by atoms with Crippen LogP contribution in [0.2, 0.25) is 0 Å². The van der Waals surface area contributed by atoms with Gasteiger partial charge in [-0.05, 0) is 92.0 Å². The maximum Gasteiger partial charge on any atom is 0.166 e. The van der Waals surface area contributed by atoms with Crippen LogP contribution in [0.4, 0.5) is 0 Å². The summed E-state index contributed by atoms with van der Waals surface area (Å²) in [6.45, 7) is 4.74. The second-order valence-electron chi connectivity index (χ2n) is 17.6. The van der Waals surface area contributed by atoms with E-state index in [-0.39, 0.29) is 5.41 Å². The van der Waals surface area contributed by atoms with Crippen molar-refractivity contribution >= 4 is 21.8 Å². The van der Waals surface area contributed by atoms with E-state index in [0.717, 1.165) is 66.8 Å². The van der Waals surface area contributed by atoms with Crippen LogP contribution >= 0.6 is 0 Å². The molecule has 0 bridgehead atoms. The third kappa shape index (κ3) is 5.45. The maximum absolute atomic E-state index is 5.55. The molecule has 0 N–H and O–H groups in total. The average molecular weight is 817 g/mol. The van der Waals surface area contributed by atoms with Gasteiger partial charge in [0.25, 0.3) is 0 Å². The third-order valence-electron chi connectivity index (χ3n) is 13.6. The summed E-state index contributed by atoms with van der Waals surface area (Å²) in [4.78, 5) is 16.4.